The molecule has 2 rings (SSSR count). The Morgan fingerprint density at radius 3 is 2.68 bits per heavy atom. The zero-order valence-corrected chi connectivity index (χ0v) is 10.0. The van der Waals surface area contributed by atoms with Gasteiger partial charge in [-0.25, -0.2) is 4.39 Å². The number of aliphatic hydroxyl groups excluding tert-OH is 3. The molecule has 0 aromatic carbocycles. The normalized spacial score (nSPS) is 46.5. The van der Waals surface area contributed by atoms with Gasteiger partial charge in [-0.15, -0.1) is 0 Å². The molecule has 0 bridgehead atoms. The van der Waals surface area contributed by atoms with Crippen LogP contribution in [0.2, 0.25) is 0 Å². The summed E-state index contributed by atoms with van der Waals surface area (Å²) in [5.41, 5.74) is -2.11. The van der Waals surface area contributed by atoms with Gasteiger partial charge in [-0.05, 0) is 6.92 Å². The molecule has 0 saturated carbocycles. The highest BCUT2D eigenvalue weighted by Gasteiger charge is 2.64. The second-order valence-corrected chi connectivity index (χ2v) is 4.69. The lowest BCUT2D eigenvalue weighted by molar-refractivity contribution is -0.228. The van der Waals surface area contributed by atoms with Crippen molar-refractivity contribution in [2.45, 2.75) is 37.1 Å². The Kier molecular flexibility index (Phi) is 3.27. The number of rotatable bonds is 2. The van der Waals surface area contributed by atoms with Crippen LogP contribution >= 0.6 is 0 Å². The molecule has 2 aliphatic heterocycles. The van der Waals surface area contributed by atoms with Crippen LogP contribution in [0.3, 0.4) is 0 Å². The third-order valence-corrected chi connectivity index (χ3v) is 3.21. The molecule has 8 nitrogen and oxygen atoms in total. The molecule has 108 valence electrons. The molecule has 0 spiro atoms. The minimum atomic E-state index is -2.86. The molecule has 2 aliphatic rings. The van der Waals surface area contributed by atoms with Gasteiger partial charge in [0.1, 0.15) is 18.3 Å². The molecular weight excluding hydrogens is 263 g/mol. The molecule has 1 amide bonds. The molecule has 1 fully saturated rings. The van der Waals surface area contributed by atoms with Crippen molar-refractivity contribution in [3.8, 4) is 0 Å². The Labute approximate surface area is 107 Å². The smallest absolute Gasteiger partial charge is 0.263 e. The average Bonchev–Trinajstić information content (AvgIpc) is 2.51. The van der Waals surface area contributed by atoms with E-state index < -0.39 is 42.7 Å². The molecule has 9 heteroatoms. The summed E-state index contributed by atoms with van der Waals surface area (Å²) in [5.74, 6) is -3.43. The Morgan fingerprint density at radius 2 is 2.21 bits per heavy atom. The monoisotopic (exact) mass is 278 g/mol. The van der Waals surface area contributed by atoms with Crippen molar-refractivity contribution >= 4 is 5.91 Å². The number of amides is 1. The van der Waals surface area contributed by atoms with E-state index in [2.05, 4.69) is 5.32 Å². The van der Waals surface area contributed by atoms with Crippen LogP contribution in [-0.2, 0) is 9.53 Å². The van der Waals surface area contributed by atoms with Crippen LogP contribution in [0.4, 0.5) is 4.39 Å². The third-order valence-electron chi connectivity index (χ3n) is 3.21. The molecule has 5 unspecified atom stereocenters. The molecular formula is C10H15FN2O6. The zero-order chi connectivity index (χ0) is 14.4. The molecule has 0 aliphatic carbocycles. The third kappa shape index (κ3) is 2.09. The van der Waals surface area contributed by atoms with Gasteiger partial charge < -0.3 is 35.4 Å². The predicted molar refractivity (Wildman–Crippen MR) is 57.6 cm³/mol. The molecule has 5 N–H and O–H groups in total. The highest BCUT2D eigenvalue weighted by molar-refractivity contribution is 5.88. The van der Waals surface area contributed by atoms with Crippen LogP contribution in [-0.4, -0.2) is 68.0 Å². The Hall–Kier alpha value is -1.26. The van der Waals surface area contributed by atoms with E-state index in [0.717, 1.165) is 24.1 Å². The van der Waals surface area contributed by atoms with Crippen LogP contribution in [0.25, 0.3) is 0 Å². The number of hydrogen-bond donors (Lipinski definition) is 5. The minimum Gasteiger partial charge on any atom is -0.390 e. The summed E-state index contributed by atoms with van der Waals surface area (Å²) in [7, 11) is 0. The van der Waals surface area contributed by atoms with Gasteiger partial charge in [0.05, 0.1) is 0 Å². The van der Waals surface area contributed by atoms with E-state index in [1.165, 1.54) is 0 Å². The lowest BCUT2D eigenvalue weighted by Gasteiger charge is -2.38. The summed E-state index contributed by atoms with van der Waals surface area (Å²) in [6.07, 6.45) is -2.93. The summed E-state index contributed by atoms with van der Waals surface area (Å²) in [6.45, 7) is -0.0723. The number of carbonyl (C=O) groups is 1. The van der Waals surface area contributed by atoms with Crippen molar-refractivity contribution in [3.63, 3.8) is 0 Å². The van der Waals surface area contributed by atoms with Gasteiger partial charge in [0.15, 0.2) is 6.23 Å². The number of alkyl halides is 1. The van der Waals surface area contributed by atoms with Crippen molar-refractivity contribution in [3.05, 3.63) is 12.3 Å². The number of nitrogens with one attached hydrogen (secondary N) is 1. The van der Waals surface area contributed by atoms with Crippen molar-refractivity contribution in [1.29, 1.82) is 0 Å². The van der Waals surface area contributed by atoms with Crippen molar-refractivity contribution in [2.24, 2.45) is 0 Å². The summed E-state index contributed by atoms with van der Waals surface area (Å²) in [4.78, 5) is 11.9. The topological polar surface area (TPSA) is 122 Å². The van der Waals surface area contributed by atoms with Gasteiger partial charge in [0, 0.05) is 12.3 Å². The first-order valence-corrected chi connectivity index (χ1v) is 5.54. The van der Waals surface area contributed by atoms with Gasteiger partial charge in [-0.1, -0.05) is 0 Å². The predicted octanol–water partition coefficient (Wildman–Crippen LogP) is -2.67. The second kappa shape index (κ2) is 4.39. The fourth-order valence-corrected chi connectivity index (χ4v) is 2.12. The SMILES string of the molecule is CC1(O)C(N2C=CC(=O)NC2O)OC(F)(CO)C1O. The highest BCUT2D eigenvalue weighted by atomic mass is 19.2. The van der Waals surface area contributed by atoms with Gasteiger partial charge >= 0.3 is 0 Å². The number of aliphatic hydroxyl groups is 4. The van der Waals surface area contributed by atoms with E-state index in [1.807, 2.05) is 0 Å². The van der Waals surface area contributed by atoms with E-state index in [4.69, 9.17) is 9.84 Å². The second-order valence-electron chi connectivity index (χ2n) is 4.69. The van der Waals surface area contributed by atoms with Crippen LogP contribution in [0.5, 0.6) is 0 Å². The van der Waals surface area contributed by atoms with E-state index in [9.17, 15) is 24.5 Å². The summed E-state index contributed by atoms with van der Waals surface area (Å²) < 4.78 is 18.9. The standard InChI is InChI=1S/C10H15FN2O6/c1-9(18)6(16)10(11,4-14)19-7(9)13-3-2-5(15)12-8(13)17/h2-3,6-8,14,16-18H,4H2,1H3,(H,12,15). The molecule has 0 aromatic rings. The van der Waals surface area contributed by atoms with Gasteiger partial charge in [-0.3, -0.25) is 4.79 Å². The van der Waals surface area contributed by atoms with E-state index in [0.29, 0.717) is 0 Å². The minimum absolute atomic E-state index is 0.574. The average molecular weight is 278 g/mol. The lowest BCUT2D eigenvalue weighted by atomic mass is 9.95. The lowest BCUT2D eigenvalue weighted by Crippen LogP contribution is -2.59. The number of carbonyl (C=O) groups excluding carboxylic acids is 1. The first kappa shape index (κ1) is 14.2. The number of nitrogens with zero attached hydrogens (tertiary/aromatic N) is 1. The number of halogens is 1. The van der Waals surface area contributed by atoms with E-state index >= 15 is 0 Å². The van der Waals surface area contributed by atoms with Crippen molar-refractivity contribution in [2.75, 3.05) is 6.61 Å². The van der Waals surface area contributed by atoms with Gasteiger partial charge in [0.2, 0.25) is 12.3 Å². The highest BCUT2D eigenvalue weighted by Crippen LogP contribution is 2.41. The first-order valence-electron chi connectivity index (χ1n) is 5.54. The molecule has 0 radical (unpaired) electrons. The summed E-state index contributed by atoms with van der Waals surface area (Å²) in [6, 6.07) is 0. The maximum Gasteiger partial charge on any atom is 0.263 e. The summed E-state index contributed by atoms with van der Waals surface area (Å²) in [5, 5.41) is 40.4. The molecule has 0 aromatic heterocycles. The Bertz CT molecular complexity index is 417. The number of hydrogen-bond acceptors (Lipinski definition) is 7. The van der Waals surface area contributed by atoms with E-state index in [1.54, 1.807) is 0 Å². The van der Waals surface area contributed by atoms with Gasteiger partial charge in [0.25, 0.3) is 5.85 Å². The van der Waals surface area contributed by atoms with Crippen LogP contribution in [0.15, 0.2) is 12.3 Å². The van der Waals surface area contributed by atoms with E-state index in [-0.39, 0.29) is 0 Å². The Morgan fingerprint density at radius 1 is 1.58 bits per heavy atom. The fraction of sp³-hybridized carbons (Fsp3) is 0.700. The molecule has 2 heterocycles. The van der Waals surface area contributed by atoms with Crippen molar-refractivity contribution < 1.29 is 34.3 Å². The molecule has 5 atom stereocenters. The summed E-state index contributed by atoms with van der Waals surface area (Å²) >= 11 is 0. The van der Waals surface area contributed by atoms with Crippen molar-refractivity contribution in [1.82, 2.24) is 10.2 Å². The first-order chi connectivity index (χ1) is 8.72. The van der Waals surface area contributed by atoms with Gasteiger partial charge in [-0.2, -0.15) is 0 Å². The maximum absolute atomic E-state index is 14.0. The fourth-order valence-electron chi connectivity index (χ4n) is 2.12. The van der Waals surface area contributed by atoms with Crippen LogP contribution in [0, 0.1) is 0 Å². The van der Waals surface area contributed by atoms with Crippen LogP contribution < -0.4 is 5.32 Å². The quantitative estimate of drug-likeness (QED) is 0.373. The maximum atomic E-state index is 14.0. The molecule has 1 saturated heterocycles. The largest absolute Gasteiger partial charge is 0.390 e. The Balaban J connectivity index is 2.30. The molecule has 19 heavy (non-hydrogen) atoms. The zero-order valence-electron chi connectivity index (χ0n) is 10.0. The number of ether oxygens (including phenoxy) is 1. The van der Waals surface area contributed by atoms with Crippen LogP contribution in [0.1, 0.15) is 6.92 Å².